The van der Waals surface area contributed by atoms with Gasteiger partial charge in [-0.05, 0) is 44.5 Å². The highest BCUT2D eigenvalue weighted by Crippen LogP contribution is 2.28. The maximum atomic E-state index is 12.7. The number of rotatable bonds is 7. The fourth-order valence-corrected chi connectivity index (χ4v) is 2.85. The van der Waals surface area contributed by atoms with Crippen LogP contribution in [0, 0.1) is 13.8 Å². The molecule has 0 spiro atoms. The van der Waals surface area contributed by atoms with Crippen LogP contribution in [-0.4, -0.2) is 50.1 Å². The number of methoxy groups -OCH3 is 3. The lowest BCUT2D eigenvalue weighted by atomic mass is 10.1. The van der Waals surface area contributed by atoms with Gasteiger partial charge in [-0.15, -0.1) is 0 Å². The first-order valence-electron chi connectivity index (χ1n) is 8.49. The summed E-state index contributed by atoms with van der Waals surface area (Å²) < 4.78 is 20.3. The Morgan fingerprint density at radius 2 is 1.61 bits per heavy atom. The van der Waals surface area contributed by atoms with Gasteiger partial charge in [0.1, 0.15) is 0 Å². The number of aryl methyl sites for hydroxylation is 1. The van der Waals surface area contributed by atoms with Crippen molar-refractivity contribution in [1.82, 2.24) is 4.98 Å². The molecule has 8 nitrogen and oxygen atoms in total. The monoisotopic (exact) mass is 389 g/mol. The maximum absolute atomic E-state index is 12.7. The number of Topliss-reactive ketones (excluding diaryl/α,β-unsaturated/α-hetero) is 1. The largest absolute Gasteiger partial charge is 0.493 e. The molecule has 0 amide bonds. The molecule has 0 unspecified atom stereocenters. The van der Waals surface area contributed by atoms with Crippen LogP contribution in [-0.2, 0) is 9.47 Å². The number of ketones is 1. The molecule has 0 fully saturated rings. The predicted octanol–water partition coefficient (Wildman–Crippen LogP) is 2.86. The lowest BCUT2D eigenvalue weighted by molar-refractivity contribution is 0.0316. The molecule has 150 valence electrons. The fourth-order valence-electron chi connectivity index (χ4n) is 2.85. The number of aromatic nitrogens is 1. The number of carbonyl (C=O) groups is 3. The number of benzene rings is 1. The fraction of sp³-hybridized carbons (Fsp3) is 0.350. The topological polar surface area (TPSA) is 104 Å². The number of hydrogen-bond acceptors (Lipinski definition) is 7. The number of H-pyrrole nitrogens is 1. The van der Waals surface area contributed by atoms with Gasteiger partial charge in [-0.1, -0.05) is 0 Å². The van der Waals surface area contributed by atoms with Crippen molar-refractivity contribution in [3.05, 3.63) is 46.3 Å². The molecule has 1 aromatic carbocycles. The maximum Gasteiger partial charge on any atom is 0.339 e. The van der Waals surface area contributed by atoms with Crippen molar-refractivity contribution < 1.29 is 33.3 Å². The van der Waals surface area contributed by atoms with E-state index < -0.39 is 23.8 Å². The highest BCUT2D eigenvalue weighted by Gasteiger charge is 2.27. The van der Waals surface area contributed by atoms with E-state index in [0.717, 1.165) is 0 Å². The van der Waals surface area contributed by atoms with Crippen LogP contribution in [0.3, 0.4) is 0 Å². The lowest BCUT2D eigenvalue weighted by Crippen LogP contribution is -2.25. The smallest absolute Gasteiger partial charge is 0.339 e. The van der Waals surface area contributed by atoms with E-state index in [2.05, 4.69) is 4.98 Å². The zero-order valence-corrected chi connectivity index (χ0v) is 16.7. The molecule has 1 heterocycles. The van der Waals surface area contributed by atoms with Crippen LogP contribution in [0.2, 0.25) is 0 Å². The zero-order chi connectivity index (χ0) is 21.0. The molecular formula is C20H23NO7. The van der Waals surface area contributed by atoms with Crippen LogP contribution in [0.1, 0.15) is 49.4 Å². The van der Waals surface area contributed by atoms with E-state index in [1.54, 1.807) is 19.9 Å². The van der Waals surface area contributed by atoms with Gasteiger partial charge in [-0.2, -0.15) is 0 Å². The van der Waals surface area contributed by atoms with Crippen LogP contribution >= 0.6 is 0 Å². The van der Waals surface area contributed by atoms with Crippen molar-refractivity contribution in [3.8, 4) is 11.5 Å². The number of carbonyl (C=O) groups excluding carboxylic acids is 3. The Morgan fingerprint density at radius 3 is 2.18 bits per heavy atom. The van der Waals surface area contributed by atoms with Gasteiger partial charge >= 0.3 is 11.9 Å². The van der Waals surface area contributed by atoms with Gasteiger partial charge in [0.2, 0.25) is 5.78 Å². The molecular weight excluding hydrogens is 366 g/mol. The number of nitrogens with one attached hydrogen (secondary N) is 1. The molecule has 28 heavy (non-hydrogen) atoms. The molecule has 0 aliphatic rings. The van der Waals surface area contributed by atoms with E-state index in [4.69, 9.17) is 18.9 Å². The first-order chi connectivity index (χ1) is 13.2. The third kappa shape index (κ3) is 4.00. The minimum absolute atomic E-state index is 0.200. The third-order valence-corrected chi connectivity index (χ3v) is 4.35. The Balaban J connectivity index is 2.21. The van der Waals surface area contributed by atoms with E-state index >= 15 is 0 Å². The zero-order valence-electron chi connectivity index (χ0n) is 16.7. The summed E-state index contributed by atoms with van der Waals surface area (Å²) in [5.74, 6) is -0.841. The summed E-state index contributed by atoms with van der Waals surface area (Å²) in [6.45, 7) is 4.76. The number of ether oxygens (including phenoxy) is 4. The van der Waals surface area contributed by atoms with E-state index in [1.807, 2.05) is 0 Å². The van der Waals surface area contributed by atoms with Gasteiger partial charge in [-0.3, -0.25) is 4.79 Å². The second kappa shape index (κ2) is 8.60. The van der Waals surface area contributed by atoms with Crippen molar-refractivity contribution in [2.45, 2.75) is 26.9 Å². The average Bonchev–Trinajstić information content (AvgIpc) is 2.99. The Kier molecular flexibility index (Phi) is 6.45. The van der Waals surface area contributed by atoms with Gasteiger partial charge < -0.3 is 23.9 Å². The summed E-state index contributed by atoms with van der Waals surface area (Å²) >= 11 is 0. The lowest BCUT2D eigenvalue weighted by Gasteiger charge is -2.13. The first-order valence-corrected chi connectivity index (χ1v) is 8.49. The molecule has 1 atom stereocenters. The van der Waals surface area contributed by atoms with Gasteiger partial charge in [0.05, 0.1) is 38.2 Å². The molecule has 0 saturated carbocycles. The molecule has 8 heteroatoms. The molecule has 2 aromatic rings. The van der Waals surface area contributed by atoms with Crippen LogP contribution in [0.15, 0.2) is 18.2 Å². The third-order valence-electron chi connectivity index (χ3n) is 4.35. The summed E-state index contributed by atoms with van der Waals surface area (Å²) in [6.07, 6.45) is -1.07. The Labute approximate surface area is 162 Å². The van der Waals surface area contributed by atoms with E-state index in [-0.39, 0.29) is 11.3 Å². The Bertz CT molecular complexity index is 914. The Morgan fingerprint density at radius 1 is 0.964 bits per heavy atom. The predicted molar refractivity (Wildman–Crippen MR) is 100 cm³/mol. The number of aromatic amines is 1. The van der Waals surface area contributed by atoms with Crippen molar-refractivity contribution >= 4 is 17.7 Å². The summed E-state index contributed by atoms with van der Waals surface area (Å²) in [7, 11) is 4.21. The van der Waals surface area contributed by atoms with Crippen molar-refractivity contribution in [3.63, 3.8) is 0 Å². The van der Waals surface area contributed by atoms with E-state index in [9.17, 15) is 14.4 Å². The van der Waals surface area contributed by atoms with Gasteiger partial charge in [0.25, 0.3) is 0 Å². The minimum Gasteiger partial charge on any atom is -0.493 e. The van der Waals surface area contributed by atoms with Gasteiger partial charge in [-0.25, -0.2) is 9.59 Å². The van der Waals surface area contributed by atoms with Gasteiger partial charge in [0.15, 0.2) is 17.6 Å². The van der Waals surface area contributed by atoms with E-state index in [0.29, 0.717) is 28.3 Å². The van der Waals surface area contributed by atoms with Crippen LogP contribution in [0.25, 0.3) is 0 Å². The van der Waals surface area contributed by atoms with Crippen LogP contribution in [0.4, 0.5) is 0 Å². The normalized spacial score (nSPS) is 11.5. The molecule has 1 N–H and O–H groups in total. The Hall–Kier alpha value is -3.29. The van der Waals surface area contributed by atoms with Crippen molar-refractivity contribution in [2.24, 2.45) is 0 Å². The quantitative estimate of drug-likeness (QED) is 0.573. The summed E-state index contributed by atoms with van der Waals surface area (Å²) in [4.78, 5) is 39.9. The molecule has 0 radical (unpaired) electrons. The van der Waals surface area contributed by atoms with Crippen LogP contribution < -0.4 is 9.47 Å². The molecule has 0 aliphatic carbocycles. The van der Waals surface area contributed by atoms with Crippen molar-refractivity contribution in [2.75, 3.05) is 21.3 Å². The SMILES string of the molecule is COC(=O)c1c(C)[nH]c(C(=O)[C@@H](C)OC(=O)c2ccc(OC)c(OC)c2)c1C. The summed E-state index contributed by atoms with van der Waals surface area (Å²) in [5, 5.41) is 0. The standard InChI is InChI=1S/C20H23NO7/c1-10-16(20(24)27-6)11(2)21-17(10)18(22)12(3)28-19(23)13-7-8-14(25-4)15(9-13)26-5/h7-9,12,21H,1-6H3/t12-/m1/s1. The highest BCUT2D eigenvalue weighted by atomic mass is 16.5. The first kappa shape index (κ1) is 21.0. The number of esters is 2. The van der Waals surface area contributed by atoms with Crippen LogP contribution in [0.5, 0.6) is 11.5 Å². The molecule has 0 saturated heterocycles. The average molecular weight is 389 g/mol. The van der Waals surface area contributed by atoms with E-state index in [1.165, 1.54) is 40.4 Å². The second-order valence-electron chi connectivity index (χ2n) is 6.10. The summed E-state index contributed by atoms with van der Waals surface area (Å²) in [6, 6.07) is 4.56. The molecule has 1 aromatic heterocycles. The minimum atomic E-state index is -1.07. The highest BCUT2D eigenvalue weighted by molar-refractivity contribution is 6.04. The molecule has 2 rings (SSSR count). The molecule has 0 aliphatic heterocycles. The summed E-state index contributed by atoms with van der Waals surface area (Å²) in [5.41, 5.74) is 1.66. The second-order valence-corrected chi connectivity index (χ2v) is 6.10. The molecule has 0 bridgehead atoms. The number of hydrogen-bond donors (Lipinski definition) is 1. The van der Waals surface area contributed by atoms with Gasteiger partial charge in [0, 0.05) is 5.69 Å². The van der Waals surface area contributed by atoms with Crippen molar-refractivity contribution in [1.29, 1.82) is 0 Å².